The molecule has 2 aliphatic heterocycles. The van der Waals surface area contributed by atoms with Crippen molar-refractivity contribution in [3.8, 4) is 0 Å². The summed E-state index contributed by atoms with van der Waals surface area (Å²) < 4.78 is 6.03. The molecule has 1 aromatic heterocycles. The van der Waals surface area contributed by atoms with E-state index in [-0.39, 0.29) is 29.6 Å². The number of cyclic esters (lactones) is 1. The molecule has 5 bridgehead atoms. The second-order valence-electron chi connectivity index (χ2n) is 13.9. The number of hydrogen-bond donors (Lipinski definition) is 3. The van der Waals surface area contributed by atoms with Crippen molar-refractivity contribution in [1.82, 2.24) is 26.1 Å². The van der Waals surface area contributed by atoms with Crippen LogP contribution < -0.4 is 16.1 Å². The van der Waals surface area contributed by atoms with Crippen molar-refractivity contribution in [2.24, 2.45) is 17.3 Å². The summed E-state index contributed by atoms with van der Waals surface area (Å²) in [6.07, 6.45) is 6.62. The molecule has 1 aromatic carbocycles. The number of hydrogen-bond acceptors (Lipinski definition) is 8. The van der Waals surface area contributed by atoms with Crippen LogP contribution in [0.25, 0.3) is 17.0 Å². The number of fused-ring (bicyclic) bond motifs is 4. The number of amides is 3. The number of aromatic nitrogens is 1. The quantitative estimate of drug-likeness (QED) is 0.422. The van der Waals surface area contributed by atoms with Crippen LogP contribution in [0, 0.1) is 17.3 Å². The molecule has 0 radical (unpaired) electrons. The Morgan fingerprint density at radius 3 is 2.40 bits per heavy atom. The maximum atomic E-state index is 14.1. The average Bonchev–Trinajstić information content (AvgIpc) is 3.05. The highest BCUT2D eigenvalue weighted by Crippen LogP contribution is 2.43. The summed E-state index contributed by atoms with van der Waals surface area (Å²) in [7, 11) is 0. The molecule has 3 aliphatic rings. The summed E-state index contributed by atoms with van der Waals surface area (Å²) in [6.45, 7) is 9.02. The number of nitrogens with one attached hydrogen (secondary N) is 3. The van der Waals surface area contributed by atoms with Gasteiger partial charge >= 0.3 is 5.97 Å². The highest BCUT2D eigenvalue weighted by molar-refractivity contribution is 5.92. The number of esters is 1. The molecule has 1 saturated heterocycles. The average molecular weight is 646 g/mol. The van der Waals surface area contributed by atoms with Gasteiger partial charge in [-0.05, 0) is 88.8 Å². The molecule has 2 aromatic rings. The second kappa shape index (κ2) is 14.3. The van der Waals surface area contributed by atoms with Crippen LogP contribution in [-0.4, -0.2) is 64.2 Å². The van der Waals surface area contributed by atoms with Gasteiger partial charge in [0.25, 0.3) is 11.8 Å². The van der Waals surface area contributed by atoms with Crippen molar-refractivity contribution in [1.29, 1.82) is 0 Å². The first-order valence-corrected chi connectivity index (χ1v) is 16.8. The normalized spacial score (nSPS) is 30.2. The molecule has 0 unspecified atom stereocenters. The fraction of sp³-hybridized carbons (Fsp3) is 0.556. The number of ketones is 1. The van der Waals surface area contributed by atoms with Crippen molar-refractivity contribution >= 4 is 46.5 Å². The predicted octanol–water partition coefficient (Wildman–Crippen LogP) is 4.16. The molecule has 5 rings (SSSR count). The molecule has 1 aliphatic carbocycles. The van der Waals surface area contributed by atoms with Crippen LogP contribution in [-0.2, 0) is 28.7 Å². The van der Waals surface area contributed by atoms with Gasteiger partial charge in [0.2, 0.25) is 5.91 Å². The standard InChI is InChI=1S/C36H47N5O6/c1-21(2)31-33(44)38-24(5)34(45)41-18-6-7-29(40-41)32(43)37-23(4)28-11-10-27-9-8-25(20-30(27)39-28)12-15-36(35(46)47-31)16-13-26(14-17-36)19-22(3)42/h8-12,15,20-21,23-24,26,29,31,40H,6-7,13-14,16-19H2,1-5H3,(H,37,43)(H,38,44)/b15-12+/t23-,24+,26?,29+,31+,36?/m1/s1. The lowest BCUT2D eigenvalue weighted by atomic mass is 9.69. The molecule has 1 spiro atoms. The fourth-order valence-corrected chi connectivity index (χ4v) is 6.83. The molecule has 3 N–H and O–H groups in total. The Balaban J connectivity index is 1.52. The first kappa shape index (κ1) is 34.2. The van der Waals surface area contributed by atoms with E-state index in [4.69, 9.17) is 9.72 Å². The first-order chi connectivity index (χ1) is 22.3. The van der Waals surface area contributed by atoms with E-state index >= 15 is 0 Å². The van der Waals surface area contributed by atoms with Crippen molar-refractivity contribution < 1.29 is 28.7 Å². The Bertz CT molecular complexity index is 1560. The second-order valence-corrected chi connectivity index (χ2v) is 13.9. The van der Waals surface area contributed by atoms with Gasteiger partial charge < -0.3 is 20.2 Å². The minimum absolute atomic E-state index is 0.128. The maximum absolute atomic E-state index is 14.1. The lowest BCUT2D eigenvalue weighted by Crippen LogP contribution is -2.61. The van der Waals surface area contributed by atoms with E-state index in [1.807, 2.05) is 49.4 Å². The van der Waals surface area contributed by atoms with Gasteiger partial charge in [0, 0.05) is 18.4 Å². The SMILES string of the molecule is CC(=O)CC1CCC2(/C=C/c3ccc4ccc(nc4c3)[C@@H](C)NC(=O)[C@@H]3CCCN(N3)C(=O)[C@H](C)NC(=O)[C@H](C(C)C)OC2=O)CC1. The highest BCUT2D eigenvalue weighted by atomic mass is 16.5. The van der Waals surface area contributed by atoms with E-state index in [1.165, 1.54) is 5.01 Å². The number of benzene rings is 1. The van der Waals surface area contributed by atoms with Gasteiger partial charge in [-0.25, -0.2) is 5.43 Å². The van der Waals surface area contributed by atoms with Gasteiger partial charge in [-0.2, -0.15) is 0 Å². The zero-order valence-electron chi connectivity index (χ0n) is 28.0. The minimum atomic E-state index is -1.12. The van der Waals surface area contributed by atoms with Gasteiger partial charge in [0.05, 0.1) is 22.7 Å². The van der Waals surface area contributed by atoms with Crippen molar-refractivity contribution in [3.05, 3.63) is 47.7 Å². The lowest BCUT2D eigenvalue weighted by molar-refractivity contribution is -0.168. The van der Waals surface area contributed by atoms with Crippen molar-refractivity contribution in [3.63, 3.8) is 0 Å². The third kappa shape index (κ3) is 7.89. The van der Waals surface area contributed by atoms with Crippen molar-refractivity contribution in [2.45, 2.75) is 104 Å². The Hall–Kier alpha value is -4.12. The summed E-state index contributed by atoms with van der Waals surface area (Å²) in [6, 6.07) is 7.80. The van der Waals surface area contributed by atoms with Gasteiger partial charge in [-0.3, -0.25) is 29.2 Å². The number of rotatable bonds is 3. The Labute approximate surface area is 276 Å². The molecule has 252 valence electrons. The third-order valence-electron chi connectivity index (χ3n) is 9.71. The van der Waals surface area contributed by atoms with E-state index in [0.29, 0.717) is 57.2 Å². The highest BCUT2D eigenvalue weighted by Gasteiger charge is 2.44. The number of nitrogens with zero attached hydrogens (tertiary/aromatic N) is 2. The van der Waals surface area contributed by atoms with Crippen LogP contribution in [0.2, 0.25) is 0 Å². The molecular weight excluding hydrogens is 598 g/mol. The van der Waals surface area contributed by atoms with E-state index in [9.17, 15) is 24.0 Å². The van der Waals surface area contributed by atoms with Crippen LogP contribution in [0.5, 0.6) is 0 Å². The summed E-state index contributed by atoms with van der Waals surface area (Å²) >= 11 is 0. The summed E-state index contributed by atoms with van der Waals surface area (Å²) in [5.74, 6) is -1.72. The van der Waals surface area contributed by atoms with E-state index in [1.54, 1.807) is 27.7 Å². The number of ether oxygens (including phenoxy) is 1. The smallest absolute Gasteiger partial charge is 0.316 e. The van der Waals surface area contributed by atoms with Crippen LogP contribution in [0.3, 0.4) is 0 Å². The molecule has 11 nitrogen and oxygen atoms in total. The maximum Gasteiger partial charge on any atom is 0.316 e. The molecule has 4 atom stereocenters. The van der Waals surface area contributed by atoms with E-state index in [2.05, 4.69) is 16.1 Å². The van der Waals surface area contributed by atoms with Crippen LogP contribution in [0.15, 0.2) is 36.4 Å². The Morgan fingerprint density at radius 2 is 1.70 bits per heavy atom. The molecule has 2 fully saturated rings. The number of carbonyl (C=O) groups excluding carboxylic acids is 5. The zero-order chi connectivity index (χ0) is 33.9. The molecular formula is C36H47N5O6. The summed E-state index contributed by atoms with van der Waals surface area (Å²) in [4.78, 5) is 71.1. The first-order valence-electron chi connectivity index (χ1n) is 16.8. The van der Waals surface area contributed by atoms with Gasteiger partial charge in [-0.1, -0.05) is 44.2 Å². The Morgan fingerprint density at radius 1 is 1.00 bits per heavy atom. The van der Waals surface area contributed by atoms with Gasteiger partial charge in [0.15, 0.2) is 6.10 Å². The number of Topliss-reactive ketones (excluding diaryl/α,β-unsaturated/α-hetero) is 1. The van der Waals surface area contributed by atoms with Crippen LogP contribution in [0.1, 0.15) is 96.9 Å². The summed E-state index contributed by atoms with van der Waals surface area (Å²) in [5, 5.41) is 8.11. The monoisotopic (exact) mass is 645 g/mol. The fourth-order valence-electron chi connectivity index (χ4n) is 6.83. The molecule has 47 heavy (non-hydrogen) atoms. The van der Waals surface area contributed by atoms with Crippen LogP contribution in [0.4, 0.5) is 0 Å². The van der Waals surface area contributed by atoms with Gasteiger partial charge in [-0.15, -0.1) is 0 Å². The zero-order valence-corrected chi connectivity index (χ0v) is 28.0. The minimum Gasteiger partial charge on any atom is -0.451 e. The van der Waals surface area contributed by atoms with E-state index in [0.717, 1.165) is 16.5 Å². The van der Waals surface area contributed by atoms with Gasteiger partial charge in [0.1, 0.15) is 17.9 Å². The molecule has 3 heterocycles. The molecule has 1 saturated carbocycles. The Kier molecular flexibility index (Phi) is 10.4. The molecule has 11 heteroatoms. The predicted molar refractivity (Wildman–Crippen MR) is 177 cm³/mol. The summed E-state index contributed by atoms with van der Waals surface area (Å²) in [5.41, 5.74) is 4.34. The van der Waals surface area contributed by atoms with E-state index < -0.39 is 41.4 Å². The largest absolute Gasteiger partial charge is 0.451 e. The third-order valence-corrected chi connectivity index (χ3v) is 9.71. The number of carbonyl (C=O) groups is 5. The van der Waals surface area contributed by atoms with Crippen LogP contribution >= 0.6 is 0 Å². The van der Waals surface area contributed by atoms with Crippen molar-refractivity contribution in [2.75, 3.05) is 6.54 Å². The lowest BCUT2D eigenvalue weighted by Gasteiger charge is -2.37. The molecule has 3 amide bonds. The number of hydrazine groups is 1. The number of pyridine rings is 1. The topological polar surface area (TPSA) is 147 Å².